The van der Waals surface area contributed by atoms with Crippen LogP contribution in [0.1, 0.15) is 105 Å². The first-order chi connectivity index (χ1) is 36.7. The minimum atomic E-state index is -2.88. The first-order valence-corrected chi connectivity index (χ1v) is 26.0. The van der Waals surface area contributed by atoms with Crippen LogP contribution in [0.3, 0.4) is 0 Å². The number of imidazole rings is 2. The Morgan fingerprint density at radius 1 is 0.641 bits per heavy atom. The number of nitrogens with zero attached hydrogens (tertiary/aromatic N) is 6. The number of alkyl halides is 4. The van der Waals surface area contributed by atoms with E-state index in [9.17, 15) is 41.1 Å². The maximum atomic E-state index is 14.1. The summed E-state index contributed by atoms with van der Waals surface area (Å²) in [6, 6.07) is 18.3. The van der Waals surface area contributed by atoms with E-state index in [1.807, 2.05) is 32.0 Å². The Labute approximate surface area is 456 Å². The van der Waals surface area contributed by atoms with E-state index in [2.05, 4.69) is 36.5 Å². The Bertz CT molecular complexity index is 3420. The second kappa shape index (κ2) is 22.8. The number of benzene rings is 3. The van der Waals surface area contributed by atoms with Crippen LogP contribution < -0.4 is 25.2 Å². The highest BCUT2D eigenvalue weighted by Crippen LogP contribution is 2.37. The summed E-state index contributed by atoms with van der Waals surface area (Å²) in [6.45, 7) is 13.6. The summed E-state index contributed by atoms with van der Waals surface area (Å²) in [5.41, 5.74) is 4.96. The number of carbonyl (C=O) groups excluding carboxylic acids is 4. The van der Waals surface area contributed by atoms with Crippen molar-refractivity contribution in [3.8, 4) is 34.0 Å². The number of carbonyl (C=O) groups is 4. The number of halogens is 6. The number of rotatable bonds is 14. The predicted molar refractivity (Wildman–Crippen MR) is 290 cm³/mol. The van der Waals surface area contributed by atoms with Crippen molar-refractivity contribution in [3.63, 3.8) is 0 Å². The summed E-state index contributed by atoms with van der Waals surface area (Å²) in [5, 5.41) is 5.98. The first-order valence-electron chi connectivity index (χ1n) is 25.2. The Hall–Kier alpha value is -7.55. The van der Waals surface area contributed by atoms with Crippen molar-refractivity contribution in [2.45, 2.75) is 124 Å². The molecule has 0 unspecified atom stereocenters. The predicted octanol–water partition coefficient (Wildman–Crippen LogP) is 13.4. The highest BCUT2D eigenvalue weighted by Gasteiger charge is 2.32. The molecule has 0 radical (unpaired) electrons. The number of hydrogen-bond donors (Lipinski definition) is 2. The van der Waals surface area contributed by atoms with E-state index in [0.717, 1.165) is 52.2 Å². The van der Waals surface area contributed by atoms with E-state index in [1.54, 1.807) is 112 Å². The number of anilines is 2. The summed E-state index contributed by atoms with van der Waals surface area (Å²) in [7, 11) is 0. The maximum absolute atomic E-state index is 14.1. The Kier molecular flexibility index (Phi) is 16.6. The molecule has 4 amide bonds. The third-order valence-electron chi connectivity index (χ3n) is 12.3. The molecule has 4 aromatic heterocycles. The van der Waals surface area contributed by atoms with E-state index in [-0.39, 0.29) is 52.4 Å². The number of hydrogen-bond acceptors (Lipinski definition) is 9. The first kappa shape index (κ1) is 56.6. The molecule has 2 aliphatic rings. The van der Waals surface area contributed by atoms with Crippen molar-refractivity contribution < 1.29 is 55.3 Å². The third kappa shape index (κ3) is 13.9. The average molecular weight is 1140 g/mol. The molecule has 4 heterocycles. The largest absolute Gasteiger partial charge is 0.455 e. The van der Waals surface area contributed by atoms with Crippen molar-refractivity contribution in [2.24, 2.45) is 0 Å². The van der Waals surface area contributed by atoms with Gasteiger partial charge in [-0.15, -0.1) is 0 Å². The minimum Gasteiger partial charge on any atom is -0.455 e. The smallest absolute Gasteiger partial charge is 0.415 e. The molecule has 3 aromatic carbocycles. The summed E-state index contributed by atoms with van der Waals surface area (Å²) in [5.74, 6) is -0.394. The number of aryl methyl sites for hydroxylation is 3. The van der Waals surface area contributed by atoms with Gasteiger partial charge in [0.2, 0.25) is 0 Å². The fourth-order valence-corrected chi connectivity index (χ4v) is 8.78. The van der Waals surface area contributed by atoms with Gasteiger partial charge in [-0.3, -0.25) is 28.2 Å². The molecule has 15 nitrogen and oxygen atoms in total. The lowest BCUT2D eigenvalue weighted by Gasteiger charge is -2.27. The van der Waals surface area contributed by atoms with Crippen LogP contribution in [-0.4, -0.2) is 92.0 Å². The van der Waals surface area contributed by atoms with Crippen LogP contribution in [-0.2, 0) is 9.47 Å². The van der Waals surface area contributed by atoms with Crippen molar-refractivity contribution in [2.75, 3.05) is 22.9 Å². The fourth-order valence-electron chi connectivity index (χ4n) is 8.36. The molecule has 2 aliphatic carbocycles. The lowest BCUT2D eigenvalue weighted by Crippen LogP contribution is -2.40. The highest BCUT2D eigenvalue weighted by atomic mass is 79.9. The molecule has 412 valence electrons. The molecule has 7 aromatic rings. The van der Waals surface area contributed by atoms with Gasteiger partial charge < -0.3 is 24.8 Å². The molecule has 21 heteroatoms. The van der Waals surface area contributed by atoms with Gasteiger partial charge in [-0.05, 0) is 157 Å². The van der Waals surface area contributed by atoms with Crippen molar-refractivity contribution >= 4 is 62.6 Å². The van der Waals surface area contributed by atoms with Gasteiger partial charge in [0, 0.05) is 57.1 Å². The molecule has 9 rings (SSSR count). The van der Waals surface area contributed by atoms with Crippen molar-refractivity contribution in [1.82, 2.24) is 29.4 Å². The van der Waals surface area contributed by atoms with Gasteiger partial charge in [-0.1, -0.05) is 18.2 Å². The second-order valence-electron chi connectivity index (χ2n) is 21.3. The second-order valence-corrected chi connectivity index (χ2v) is 22.2. The number of pyridine rings is 2. The van der Waals surface area contributed by atoms with E-state index in [4.69, 9.17) is 14.2 Å². The number of ether oxygens (including phenoxy) is 3. The zero-order chi connectivity index (χ0) is 56.5. The van der Waals surface area contributed by atoms with Crippen LogP contribution >= 0.6 is 15.9 Å². The van der Waals surface area contributed by atoms with Crippen LogP contribution in [0.5, 0.6) is 11.5 Å². The Balaban J connectivity index is 0.000000210. The van der Waals surface area contributed by atoms with Crippen molar-refractivity contribution in [3.05, 3.63) is 130 Å². The van der Waals surface area contributed by atoms with Gasteiger partial charge >= 0.3 is 12.2 Å². The zero-order valence-electron chi connectivity index (χ0n) is 44.5. The normalized spacial score (nSPS) is 13.6. The third-order valence-corrected chi connectivity index (χ3v) is 12.7. The maximum Gasteiger partial charge on any atom is 0.415 e. The number of amides is 4. The van der Waals surface area contributed by atoms with Crippen LogP contribution in [0.25, 0.3) is 33.8 Å². The number of nitrogens with one attached hydrogen (secondary N) is 2. The standard InChI is InChI=1S/C32H33F3N4O4.C25H27BrF2N4O3/c1-18-6-8-21(33)13-27(18)42-23-14-25(39(17-28(34)35)31(41)43-32(3,4)5)29-36-15-26(38(29)16-23)20-7-11-24(19(2)12-20)30(40)37-22-9-10-22;1-14-9-15(5-8-18(14)23(33)30-17-6-7-17)20-11-29-22-19(10-16(26)12-31(20)22)32(13-21(27)28)24(34)35-25(2,3)4/h6-8,11-16,22,28H,9-10,17H2,1-5H3,(H,37,40);5,8-12,17,21H,6-7,13H2,1-4H3,(H,30,33). The SMILES string of the molecule is Cc1cc(-c2cnc3c(N(CC(F)F)C(=O)OC(C)(C)C)cc(Br)cn23)ccc1C(=O)NC1CC1.Cc1ccc(F)cc1Oc1cc(N(CC(F)F)C(=O)OC(C)(C)C)c2ncc(-c3ccc(C(=O)NC4CC4)c(C)c3)n2c1. The minimum absolute atomic E-state index is 0.0181. The van der Waals surface area contributed by atoms with E-state index in [1.165, 1.54) is 18.2 Å². The molecule has 2 N–H and O–H groups in total. The molecule has 0 saturated heterocycles. The van der Waals surface area contributed by atoms with Gasteiger partial charge in [-0.25, -0.2) is 41.5 Å². The Morgan fingerprint density at radius 3 is 1.51 bits per heavy atom. The van der Waals surface area contributed by atoms with Gasteiger partial charge in [0.05, 0.1) is 54.4 Å². The van der Waals surface area contributed by atoms with Crippen LogP contribution in [0.4, 0.5) is 42.9 Å². The molecule has 0 spiro atoms. The molecular formula is C57H60BrF5N8O7. The molecule has 0 bridgehead atoms. The van der Waals surface area contributed by atoms with E-state index < -0.39 is 55.1 Å². The molecule has 0 aliphatic heterocycles. The summed E-state index contributed by atoms with van der Waals surface area (Å²) >= 11 is 3.43. The molecule has 2 fully saturated rings. The van der Waals surface area contributed by atoms with Gasteiger partial charge in [-0.2, -0.15) is 0 Å². The summed E-state index contributed by atoms with van der Waals surface area (Å²) in [4.78, 5) is 61.9. The van der Waals surface area contributed by atoms with Gasteiger partial charge in [0.15, 0.2) is 11.3 Å². The summed E-state index contributed by atoms with van der Waals surface area (Å²) < 4.78 is 89.4. The highest BCUT2D eigenvalue weighted by molar-refractivity contribution is 9.10. The topological polar surface area (TPSA) is 161 Å². The van der Waals surface area contributed by atoms with Gasteiger partial charge in [0.25, 0.3) is 24.7 Å². The monoisotopic (exact) mass is 1140 g/mol. The van der Waals surface area contributed by atoms with Gasteiger partial charge in [0.1, 0.15) is 28.5 Å². The zero-order valence-corrected chi connectivity index (χ0v) is 46.1. The van der Waals surface area contributed by atoms with Crippen LogP contribution in [0, 0.1) is 26.6 Å². The summed E-state index contributed by atoms with van der Waals surface area (Å²) in [6.07, 6.45) is 2.93. The van der Waals surface area contributed by atoms with Crippen LogP contribution in [0.15, 0.2) is 96.0 Å². The number of aromatic nitrogens is 4. The average Bonchev–Trinajstić information content (AvgIpc) is 4.27. The number of fused-ring (bicyclic) bond motifs is 2. The lowest BCUT2D eigenvalue weighted by molar-refractivity contribution is 0.0536. The van der Waals surface area contributed by atoms with E-state index >= 15 is 0 Å². The molecule has 0 atom stereocenters. The molecular weight excluding hydrogens is 1080 g/mol. The molecule has 2 saturated carbocycles. The Morgan fingerprint density at radius 2 is 1.09 bits per heavy atom. The lowest BCUT2D eigenvalue weighted by atomic mass is 10.0. The van der Waals surface area contributed by atoms with E-state index in [0.29, 0.717) is 43.8 Å². The molecule has 78 heavy (non-hydrogen) atoms. The quantitative estimate of drug-likeness (QED) is 0.101. The van der Waals surface area contributed by atoms with Crippen molar-refractivity contribution in [1.29, 1.82) is 0 Å². The van der Waals surface area contributed by atoms with Crippen LogP contribution in [0.2, 0.25) is 0 Å². The fraction of sp³-hybridized carbons (Fsp3) is 0.368.